The van der Waals surface area contributed by atoms with E-state index in [1.165, 1.54) is 32.5 Å². The Morgan fingerprint density at radius 1 is 1.10 bits per heavy atom. The molecular weight excluding hydrogens is 124 g/mol. The molecule has 0 spiro atoms. The van der Waals surface area contributed by atoms with Gasteiger partial charge in [-0.15, -0.1) is 0 Å². The van der Waals surface area contributed by atoms with E-state index in [9.17, 15) is 0 Å². The van der Waals surface area contributed by atoms with Crippen LogP contribution >= 0.6 is 0 Å². The predicted molar refractivity (Wildman–Crippen MR) is 41.0 cm³/mol. The molecule has 2 nitrogen and oxygen atoms in total. The Bertz CT molecular complexity index is 86.3. The molecule has 3 rings (SSSR count). The lowest BCUT2D eigenvalue weighted by molar-refractivity contribution is 0.160. The molecule has 0 saturated carbocycles. The average Bonchev–Trinajstić information content (AvgIpc) is 1.89. The first kappa shape index (κ1) is 6.62. The zero-order valence-corrected chi connectivity index (χ0v) is 6.42. The molecule has 0 aromatic heterocycles. The highest BCUT2D eigenvalue weighted by atomic mass is 15.2. The van der Waals surface area contributed by atoms with Crippen molar-refractivity contribution in [2.75, 3.05) is 32.7 Å². The highest BCUT2D eigenvalue weighted by Crippen LogP contribution is 2.17. The molecule has 3 aliphatic heterocycles. The smallest absolute Gasteiger partial charge is 0.0261 e. The van der Waals surface area contributed by atoms with Crippen LogP contribution in [0.3, 0.4) is 0 Å². The summed E-state index contributed by atoms with van der Waals surface area (Å²) in [7, 11) is 0. The number of rotatable bonds is 0. The SMILES string of the molecule is C1CN2CCC(CC2)C[N]1. The molecule has 3 aliphatic rings. The first-order chi connectivity index (χ1) is 4.95. The highest BCUT2D eigenvalue weighted by Gasteiger charge is 2.20. The maximum absolute atomic E-state index is 4.47. The summed E-state index contributed by atoms with van der Waals surface area (Å²) in [5.74, 6) is 0.927. The predicted octanol–water partition coefficient (Wildman–Crippen LogP) is 0.316. The van der Waals surface area contributed by atoms with E-state index in [0.717, 1.165) is 19.0 Å². The van der Waals surface area contributed by atoms with E-state index in [-0.39, 0.29) is 0 Å². The Hall–Kier alpha value is -0.0800. The molecule has 0 aromatic rings. The normalized spacial score (nSPS) is 40.8. The van der Waals surface area contributed by atoms with E-state index in [0.29, 0.717) is 0 Å². The van der Waals surface area contributed by atoms with Crippen LogP contribution in [0.15, 0.2) is 0 Å². The third-order valence-corrected chi connectivity index (χ3v) is 2.67. The van der Waals surface area contributed by atoms with Gasteiger partial charge in [-0.05, 0) is 31.8 Å². The lowest BCUT2D eigenvalue weighted by Crippen LogP contribution is -2.42. The third kappa shape index (κ3) is 1.32. The van der Waals surface area contributed by atoms with Crippen molar-refractivity contribution >= 4 is 0 Å². The second-order valence-corrected chi connectivity index (χ2v) is 3.41. The van der Waals surface area contributed by atoms with Gasteiger partial charge in [0.2, 0.25) is 0 Å². The van der Waals surface area contributed by atoms with Gasteiger partial charge >= 0.3 is 0 Å². The first-order valence-corrected chi connectivity index (χ1v) is 4.31. The van der Waals surface area contributed by atoms with E-state index in [2.05, 4.69) is 10.2 Å². The van der Waals surface area contributed by atoms with Crippen molar-refractivity contribution in [2.24, 2.45) is 5.92 Å². The Morgan fingerprint density at radius 3 is 2.70 bits per heavy atom. The van der Waals surface area contributed by atoms with E-state index >= 15 is 0 Å². The maximum Gasteiger partial charge on any atom is 0.0261 e. The van der Waals surface area contributed by atoms with Gasteiger partial charge in [-0.2, -0.15) is 0 Å². The Labute approximate surface area is 62.6 Å². The Morgan fingerprint density at radius 2 is 1.90 bits per heavy atom. The van der Waals surface area contributed by atoms with Crippen LogP contribution in [0, 0.1) is 5.92 Å². The van der Waals surface area contributed by atoms with Crippen molar-refractivity contribution < 1.29 is 0 Å². The quantitative estimate of drug-likeness (QED) is 0.472. The molecule has 0 atom stereocenters. The fourth-order valence-electron chi connectivity index (χ4n) is 1.88. The standard InChI is InChI=1S/C8H15N2/c1-4-10-5-2-8(1)7-9-3-6-10/h8H,1-7H2. The van der Waals surface area contributed by atoms with Crippen LogP contribution in [0.4, 0.5) is 0 Å². The van der Waals surface area contributed by atoms with Crippen LogP contribution in [-0.4, -0.2) is 37.6 Å². The maximum atomic E-state index is 4.47. The molecule has 3 heterocycles. The number of piperidine rings is 1. The molecule has 0 aromatic carbocycles. The number of nitrogens with zero attached hydrogens (tertiary/aromatic N) is 2. The number of hydrogen-bond acceptors (Lipinski definition) is 1. The second kappa shape index (κ2) is 2.89. The van der Waals surface area contributed by atoms with Crippen molar-refractivity contribution in [2.45, 2.75) is 12.8 Å². The van der Waals surface area contributed by atoms with Crippen LogP contribution in [0.5, 0.6) is 0 Å². The molecule has 2 heteroatoms. The summed E-state index contributed by atoms with van der Waals surface area (Å²) < 4.78 is 0. The lowest BCUT2D eigenvalue weighted by atomic mass is 9.96. The Kier molecular flexibility index (Phi) is 1.91. The average molecular weight is 139 g/mol. The summed E-state index contributed by atoms with van der Waals surface area (Å²) in [4.78, 5) is 2.54. The molecule has 0 amide bonds. The van der Waals surface area contributed by atoms with Gasteiger partial charge in [0.1, 0.15) is 0 Å². The number of fused-ring (bicyclic) bond motifs is 5. The molecule has 3 saturated heterocycles. The molecule has 10 heavy (non-hydrogen) atoms. The van der Waals surface area contributed by atoms with Crippen molar-refractivity contribution in [3.8, 4) is 0 Å². The second-order valence-electron chi connectivity index (χ2n) is 3.41. The van der Waals surface area contributed by atoms with Crippen LogP contribution in [0.25, 0.3) is 0 Å². The van der Waals surface area contributed by atoms with Crippen molar-refractivity contribution in [3.63, 3.8) is 0 Å². The minimum absolute atomic E-state index is 0.927. The summed E-state index contributed by atoms with van der Waals surface area (Å²) >= 11 is 0. The van der Waals surface area contributed by atoms with Crippen LogP contribution in [-0.2, 0) is 0 Å². The van der Waals surface area contributed by atoms with Gasteiger partial charge in [0.05, 0.1) is 0 Å². The monoisotopic (exact) mass is 139 g/mol. The zero-order valence-electron chi connectivity index (χ0n) is 6.42. The summed E-state index contributed by atoms with van der Waals surface area (Å²) in [6.07, 6.45) is 2.78. The molecule has 0 N–H and O–H groups in total. The molecule has 2 bridgehead atoms. The van der Waals surface area contributed by atoms with Crippen molar-refractivity contribution in [3.05, 3.63) is 0 Å². The fourth-order valence-corrected chi connectivity index (χ4v) is 1.88. The minimum Gasteiger partial charge on any atom is -0.302 e. The lowest BCUT2D eigenvalue weighted by Gasteiger charge is -2.34. The zero-order chi connectivity index (χ0) is 6.81. The van der Waals surface area contributed by atoms with Crippen molar-refractivity contribution in [1.29, 1.82) is 0 Å². The van der Waals surface area contributed by atoms with Gasteiger partial charge in [-0.1, -0.05) is 0 Å². The Balaban J connectivity index is 1.94. The minimum atomic E-state index is 0.927. The summed E-state index contributed by atoms with van der Waals surface area (Å²) in [6, 6.07) is 0. The van der Waals surface area contributed by atoms with Gasteiger partial charge in [0, 0.05) is 19.6 Å². The molecule has 1 radical (unpaired) electrons. The van der Waals surface area contributed by atoms with Gasteiger partial charge in [-0.25, -0.2) is 5.32 Å². The van der Waals surface area contributed by atoms with Gasteiger partial charge in [-0.3, -0.25) is 0 Å². The number of hydrogen-bond donors (Lipinski definition) is 0. The van der Waals surface area contributed by atoms with E-state index < -0.39 is 0 Å². The van der Waals surface area contributed by atoms with Crippen LogP contribution in [0.1, 0.15) is 12.8 Å². The van der Waals surface area contributed by atoms with Crippen LogP contribution in [0.2, 0.25) is 0 Å². The van der Waals surface area contributed by atoms with Gasteiger partial charge in [0.15, 0.2) is 0 Å². The van der Waals surface area contributed by atoms with Crippen molar-refractivity contribution in [1.82, 2.24) is 10.2 Å². The molecule has 3 fully saturated rings. The van der Waals surface area contributed by atoms with Crippen LogP contribution < -0.4 is 5.32 Å². The summed E-state index contributed by atoms with van der Waals surface area (Å²) in [5, 5.41) is 4.47. The van der Waals surface area contributed by atoms with Gasteiger partial charge < -0.3 is 4.90 Å². The fraction of sp³-hybridized carbons (Fsp3) is 1.00. The molecular formula is C8H15N2. The summed E-state index contributed by atoms with van der Waals surface area (Å²) in [5.41, 5.74) is 0. The summed E-state index contributed by atoms with van der Waals surface area (Å²) in [6.45, 7) is 6.11. The van der Waals surface area contributed by atoms with Gasteiger partial charge in [0.25, 0.3) is 0 Å². The van der Waals surface area contributed by atoms with E-state index in [4.69, 9.17) is 0 Å². The molecule has 0 aliphatic carbocycles. The molecule has 0 unspecified atom stereocenters. The van der Waals surface area contributed by atoms with E-state index in [1.54, 1.807) is 0 Å². The third-order valence-electron chi connectivity index (χ3n) is 2.67. The largest absolute Gasteiger partial charge is 0.302 e. The molecule has 57 valence electrons. The van der Waals surface area contributed by atoms with E-state index in [1.807, 2.05) is 0 Å². The topological polar surface area (TPSA) is 17.3 Å². The first-order valence-electron chi connectivity index (χ1n) is 4.31. The highest BCUT2D eigenvalue weighted by molar-refractivity contribution is 4.76.